The normalized spacial score (nSPS) is 22.0. The van der Waals surface area contributed by atoms with Crippen molar-refractivity contribution in [3.05, 3.63) is 33.1 Å². The maximum Gasteiger partial charge on any atom is 0.328 e. The van der Waals surface area contributed by atoms with Crippen LogP contribution in [0.25, 0.3) is 0 Å². The van der Waals surface area contributed by atoms with Gasteiger partial charge in [-0.05, 0) is 51.6 Å². The Kier molecular flexibility index (Phi) is 5.50. The molecule has 1 aromatic heterocycles. The molecule has 1 atom stereocenters. The van der Waals surface area contributed by atoms with Crippen molar-refractivity contribution in [2.45, 2.75) is 51.1 Å². The van der Waals surface area contributed by atoms with Gasteiger partial charge in [0.15, 0.2) is 0 Å². The number of aromatic nitrogens is 2. The summed E-state index contributed by atoms with van der Waals surface area (Å²) in [6.45, 7) is 4.16. The molecule has 0 spiro atoms. The average molecular weight is 334 g/mol. The van der Waals surface area contributed by atoms with Crippen LogP contribution in [0, 0.1) is 0 Å². The maximum atomic E-state index is 12.7. The fourth-order valence-electron chi connectivity index (χ4n) is 3.77. The number of rotatable bonds is 5. The predicted molar refractivity (Wildman–Crippen MR) is 91.0 cm³/mol. The molecule has 24 heavy (non-hydrogen) atoms. The van der Waals surface area contributed by atoms with Crippen LogP contribution >= 0.6 is 0 Å². The molecule has 1 aromatic rings. The van der Waals surface area contributed by atoms with Crippen LogP contribution in [0.1, 0.15) is 38.5 Å². The summed E-state index contributed by atoms with van der Waals surface area (Å²) >= 11 is 0. The third-order valence-corrected chi connectivity index (χ3v) is 5.13. The van der Waals surface area contributed by atoms with E-state index in [9.17, 15) is 14.4 Å². The van der Waals surface area contributed by atoms with E-state index in [0.717, 1.165) is 38.8 Å². The first-order valence-electron chi connectivity index (χ1n) is 8.95. The van der Waals surface area contributed by atoms with Gasteiger partial charge in [0.05, 0.1) is 0 Å². The Morgan fingerprint density at radius 3 is 2.62 bits per heavy atom. The fourth-order valence-corrected chi connectivity index (χ4v) is 3.77. The molecular weight excluding hydrogens is 308 g/mol. The number of hydrogen-bond donors (Lipinski definition) is 1. The van der Waals surface area contributed by atoms with E-state index in [1.54, 1.807) is 0 Å². The summed E-state index contributed by atoms with van der Waals surface area (Å²) in [5, 5.41) is 0. The van der Waals surface area contributed by atoms with Crippen LogP contribution in [-0.4, -0.2) is 57.5 Å². The van der Waals surface area contributed by atoms with Gasteiger partial charge in [-0.1, -0.05) is 0 Å². The zero-order chi connectivity index (χ0) is 16.9. The molecule has 7 nitrogen and oxygen atoms in total. The minimum Gasteiger partial charge on any atom is -0.338 e. The van der Waals surface area contributed by atoms with E-state index in [0.29, 0.717) is 0 Å². The number of H-pyrrole nitrogens is 1. The molecule has 0 radical (unpaired) electrons. The van der Waals surface area contributed by atoms with Gasteiger partial charge < -0.3 is 9.80 Å². The molecule has 3 rings (SSSR count). The Hall–Kier alpha value is -1.89. The number of carbonyl (C=O) groups excluding carboxylic acids is 1. The molecule has 3 heterocycles. The lowest BCUT2D eigenvalue weighted by Gasteiger charge is -2.36. The van der Waals surface area contributed by atoms with Crippen molar-refractivity contribution in [3.63, 3.8) is 0 Å². The number of nitrogens with zero attached hydrogens (tertiary/aromatic N) is 3. The van der Waals surface area contributed by atoms with E-state index in [1.807, 2.05) is 4.90 Å². The largest absolute Gasteiger partial charge is 0.338 e. The van der Waals surface area contributed by atoms with Crippen LogP contribution in [0.3, 0.4) is 0 Å². The van der Waals surface area contributed by atoms with E-state index in [-0.39, 0.29) is 18.5 Å². The summed E-state index contributed by atoms with van der Waals surface area (Å²) in [6, 6.07) is 1.54. The van der Waals surface area contributed by atoms with Crippen LogP contribution in [0.15, 0.2) is 21.9 Å². The topological polar surface area (TPSA) is 78.4 Å². The van der Waals surface area contributed by atoms with Gasteiger partial charge >= 0.3 is 5.69 Å². The van der Waals surface area contributed by atoms with E-state index < -0.39 is 11.2 Å². The minimum atomic E-state index is -0.526. The summed E-state index contributed by atoms with van der Waals surface area (Å²) in [5.41, 5.74) is -0.966. The number of aromatic amines is 1. The molecule has 0 aliphatic carbocycles. The van der Waals surface area contributed by atoms with E-state index >= 15 is 0 Å². The molecule has 1 N–H and O–H groups in total. The van der Waals surface area contributed by atoms with Gasteiger partial charge in [-0.15, -0.1) is 0 Å². The number of carbonyl (C=O) groups is 1. The summed E-state index contributed by atoms with van der Waals surface area (Å²) < 4.78 is 1.27. The molecule has 2 aliphatic heterocycles. The highest BCUT2D eigenvalue weighted by Crippen LogP contribution is 2.21. The molecule has 0 saturated carbocycles. The average Bonchev–Trinajstić information content (AvgIpc) is 3.09. The monoisotopic (exact) mass is 334 g/mol. The van der Waals surface area contributed by atoms with Crippen molar-refractivity contribution in [1.82, 2.24) is 19.4 Å². The lowest BCUT2D eigenvalue weighted by atomic mass is 9.99. The second kappa shape index (κ2) is 7.79. The molecule has 0 bridgehead atoms. The molecule has 2 fully saturated rings. The molecule has 1 amide bonds. The number of hydrogen-bond acceptors (Lipinski definition) is 4. The van der Waals surface area contributed by atoms with Gasteiger partial charge in [-0.3, -0.25) is 19.1 Å². The lowest BCUT2D eigenvalue weighted by molar-refractivity contribution is -0.135. The maximum absolute atomic E-state index is 12.7. The highest BCUT2D eigenvalue weighted by atomic mass is 16.2. The molecule has 2 saturated heterocycles. The second-order valence-corrected chi connectivity index (χ2v) is 6.81. The Labute approximate surface area is 141 Å². The van der Waals surface area contributed by atoms with Gasteiger partial charge in [-0.25, -0.2) is 4.79 Å². The van der Waals surface area contributed by atoms with E-state index in [2.05, 4.69) is 9.88 Å². The number of likely N-dealkylation sites (tertiary alicyclic amines) is 2. The van der Waals surface area contributed by atoms with Crippen molar-refractivity contribution in [3.8, 4) is 0 Å². The van der Waals surface area contributed by atoms with Crippen molar-refractivity contribution in [2.24, 2.45) is 0 Å². The van der Waals surface area contributed by atoms with Crippen molar-refractivity contribution >= 4 is 5.91 Å². The van der Waals surface area contributed by atoms with Crippen LogP contribution in [0.2, 0.25) is 0 Å². The van der Waals surface area contributed by atoms with Crippen LogP contribution in [-0.2, 0) is 11.3 Å². The van der Waals surface area contributed by atoms with Crippen LogP contribution in [0.4, 0.5) is 0 Å². The Morgan fingerprint density at radius 1 is 1.12 bits per heavy atom. The summed E-state index contributed by atoms with van der Waals surface area (Å²) in [4.78, 5) is 42.2. The minimum absolute atomic E-state index is 0.00414. The lowest BCUT2D eigenvalue weighted by Crippen LogP contribution is -2.47. The molecule has 0 unspecified atom stereocenters. The molecule has 132 valence electrons. The first kappa shape index (κ1) is 17.0. The van der Waals surface area contributed by atoms with E-state index in [4.69, 9.17) is 0 Å². The first-order chi connectivity index (χ1) is 11.6. The van der Waals surface area contributed by atoms with Crippen molar-refractivity contribution < 1.29 is 4.79 Å². The highest BCUT2D eigenvalue weighted by molar-refractivity contribution is 5.76. The quantitative estimate of drug-likeness (QED) is 0.846. The van der Waals surface area contributed by atoms with Gasteiger partial charge in [-0.2, -0.15) is 0 Å². The van der Waals surface area contributed by atoms with Crippen LogP contribution in [0.5, 0.6) is 0 Å². The summed E-state index contributed by atoms with van der Waals surface area (Å²) in [6.07, 6.45) is 8.18. The third kappa shape index (κ3) is 4.14. The zero-order valence-electron chi connectivity index (χ0n) is 14.1. The van der Waals surface area contributed by atoms with Gasteiger partial charge in [0.2, 0.25) is 5.91 Å². The Balaban J connectivity index is 1.61. The van der Waals surface area contributed by atoms with Gasteiger partial charge in [0.1, 0.15) is 6.54 Å². The van der Waals surface area contributed by atoms with E-state index in [1.165, 1.54) is 42.8 Å². The Morgan fingerprint density at radius 2 is 1.88 bits per heavy atom. The Bertz CT molecular complexity index is 675. The molecule has 7 heteroatoms. The highest BCUT2D eigenvalue weighted by Gasteiger charge is 2.27. The number of piperidine rings is 1. The first-order valence-corrected chi connectivity index (χ1v) is 8.95. The van der Waals surface area contributed by atoms with Crippen molar-refractivity contribution in [1.29, 1.82) is 0 Å². The summed E-state index contributed by atoms with van der Waals surface area (Å²) in [5.74, 6) is -0.0322. The van der Waals surface area contributed by atoms with Gasteiger partial charge in [0.25, 0.3) is 5.56 Å². The zero-order valence-corrected chi connectivity index (χ0v) is 14.1. The van der Waals surface area contributed by atoms with Crippen LogP contribution < -0.4 is 11.2 Å². The SMILES string of the molecule is O=C(Cn1ccc(=O)[nH]c1=O)N1CCCC[C@@H]1CCN1CCCC1. The molecular formula is C17H26N4O3. The number of amides is 1. The number of nitrogens with one attached hydrogen (secondary N) is 1. The fraction of sp³-hybridized carbons (Fsp3) is 0.706. The third-order valence-electron chi connectivity index (χ3n) is 5.13. The van der Waals surface area contributed by atoms with Crippen molar-refractivity contribution in [2.75, 3.05) is 26.2 Å². The smallest absolute Gasteiger partial charge is 0.328 e. The second-order valence-electron chi connectivity index (χ2n) is 6.81. The molecule has 0 aromatic carbocycles. The summed E-state index contributed by atoms with van der Waals surface area (Å²) in [7, 11) is 0. The predicted octanol–water partition coefficient (Wildman–Crippen LogP) is 0.404. The van der Waals surface area contributed by atoms with Gasteiger partial charge in [0, 0.05) is 31.4 Å². The molecule has 2 aliphatic rings. The standard InChI is InChI=1S/C17H26N4O3/c22-15-7-12-20(17(24)18-15)13-16(23)21-10-2-1-5-14(21)6-11-19-8-3-4-9-19/h7,12,14H,1-6,8-11,13H2,(H,18,22,24)/t14-/m1/s1.